The molecule has 0 radical (unpaired) electrons. The average molecular weight is 440 g/mol. The third-order valence-electron chi connectivity index (χ3n) is 5.11. The molecule has 0 saturated heterocycles. The molecule has 1 aliphatic rings. The van der Waals surface area contributed by atoms with Crippen LogP contribution in [0, 0.1) is 0 Å². The van der Waals surface area contributed by atoms with Crippen molar-refractivity contribution in [2.24, 2.45) is 0 Å². The van der Waals surface area contributed by atoms with Crippen LogP contribution in [0.3, 0.4) is 0 Å². The van der Waals surface area contributed by atoms with Crippen LogP contribution in [0.1, 0.15) is 36.1 Å². The number of nitrogens with one attached hydrogen (secondary N) is 1. The highest BCUT2D eigenvalue weighted by molar-refractivity contribution is 7.15. The van der Waals surface area contributed by atoms with Crippen LogP contribution in [0.5, 0.6) is 0 Å². The maximum Gasteiger partial charge on any atom is 0.261 e. The predicted molar refractivity (Wildman–Crippen MR) is 120 cm³/mol. The Hall–Kier alpha value is -4.17. The molecule has 3 amide bonds. The lowest BCUT2D eigenvalue weighted by atomic mass is 10.0. The second-order valence-corrected chi connectivity index (χ2v) is 8.20. The van der Waals surface area contributed by atoms with E-state index < -0.39 is 0 Å². The van der Waals surface area contributed by atoms with Gasteiger partial charge in [0.15, 0.2) is 0 Å². The second-order valence-electron chi connectivity index (χ2n) is 7.14. The maximum absolute atomic E-state index is 12.6. The van der Waals surface area contributed by atoms with Crippen LogP contribution in [0.4, 0.5) is 5.13 Å². The number of rotatable bonds is 5. The highest BCUT2D eigenvalue weighted by atomic mass is 32.1. The van der Waals surface area contributed by atoms with Crippen LogP contribution in [0.25, 0.3) is 11.1 Å². The van der Waals surface area contributed by atoms with Crippen molar-refractivity contribution in [2.45, 2.75) is 6.54 Å². The Bertz CT molecular complexity index is 1300. The molecule has 0 unspecified atom stereocenters. The van der Waals surface area contributed by atoms with Crippen molar-refractivity contribution >= 4 is 34.2 Å². The lowest BCUT2D eigenvalue weighted by Gasteiger charge is -2.10. The number of hydrogen-bond acceptors (Lipinski definition) is 6. The van der Waals surface area contributed by atoms with Crippen molar-refractivity contribution in [2.75, 3.05) is 5.32 Å². The number of imide groups is 1. The van der Waals surface area contributed by atoms with Crippen molar-refractivity contribution in [1.29, 1.82) is 0 Å². The van der Waals surface area contributed by atoms with Gasteiger partial charge in [-0.05, 0) is 35.4 Å². The normalized spacial score (nSPS) is 12.7. The van der Waals surface area contributed by atoms with Crippen molar-refractivity contribution in [3.63, 3.8) is 0 Å². The topological polar surface area (TPSA) is 92.3 Å². The van der Waals surface area contributed by atoms with Gasteiger partial charge in [-0.15, -0.1) is 10.2 Å². The van der Waals surface area contributed by atoms with Gasteiger partial charge in [-0.1, -0.05) is 65.9 Å². The van der Waals surface area contributed by atoms with Gasteiger partial charge in [0.1, 0.15) is 5.01 Å². The third-order valence-corrected chi connectivity index (χ3v) is 5.94. The number of carbonyl (C=O) groups excluding carboxylic acids is 3. The zero-order valence-corrected chi connectivity index (χ0v) is 17.5. The largest absolute Gasteiger partial charge is 0.296 e. The predicted octanol–water partition coefficient (Wildman–Crippen LogP) is 4.25. The Kier molecular flexibility index (Phi) is 5.04. The van der Waals surface area contributed by atoms with Crippen molar-refractivity contribution in [3.8, 4) is 11.1 Å². The molecule has 0 aliphatic carbocycles. The molecule has 5 rings (SSSR count). The molecule has 0 fully saturated rings. The molecule has 156 valence electrons. The molecule has 0 atom stereocenters. The second kappa shape index (κ2) is 8.16. The Morgan fingerprint density at radius 2 is 1.38 bits per heavy atom. The molecule has 0 spiro atoms. The van der Waals surface area contributed by atoms with E-state index in [0.29, 0.717) is 26.8 Å². The fourth-order valence-corrected chi connectivity index (χ4v) is 4.22. The van der Waals surface area contributed by atoms with E-state index in [-0.39, 0.29) is 24.3 Å². The summed E-state index contributed by atoms with van der Waals surface area (Å²) in [4.78, 5) is 38.7. The molecule has 3 aromatic carbocycles. The molecular formula is C24H16N4O3S. The van der Waals surface area contributed by atoms with Gasteiger partial charge in [0.05, 0.1) is 17.7 Å². The van der Waals surface area contributed by atoms with E-state index >= 15 is 0 Å². The molecule has 2 heterocycles. The number of nitrogens with zero attached hydrogens (tertiary/aromatic N) is 3. The summed E-state index contributed by atoms with van der Waals surface area (Å²) in [6.45, 7) is 0.00561. The van der Waals surface area contributed by atoms with E-state index in [1.54, 1.807) is 36.4 Å². The van der Waals surface area contributed by atoms with Crippen LogP contribution in [0.15, 0.2) is 78.9 Å². The van der Waals surface area contributed by atoms with E-state index in [1.807, 2.05) is 42.5 Å². The first-order chi connectivity index (χ1) is 15.6. The average Bonchev–Trinajstić information content (AvgIpc) is 3.38. The number of anilines is 1. The molecule has 32 heavy (non-hydrogen) atoms. The molecule has 0 bridgehead atoms. The lowest BCUT2D eigenvalue weighted by molar-refractivity contribution is 0.0641. The highest BCUT2D eigenvalue weighted by Gasteiger charge is 2.35. The number of fused-ring (bicyclic) bond motifs is 1. The number of hydrogen-bond donors (Lipinski definition) is 1. The minimum absolute atomic E-state index is 0.00561. The Morgan fingerprint density at radius 3 is 2.03 bits per heavy atom. The summed E-state index contributed by atoms with van der Waals surface area (Å²) in [5, 5.41) is 11.5. The van der Waals surface area contributed by atoms with Crippen molar-refractivity contribution < 1.29 is 14.4 Å². The van der Waals surface area contributed by atoms with Gasteiger partial charge in [-0.3, -0.25) is 24.6 Å². The SMILES string of the molecule is O=C(Nc1nnc(CN2C(=O)c3ccccc3C2=O)s1)c1ccc(-c2ccccc2)cc1. The highest BCUT2D eigenvalue weighted by Crippen LogP contribution is 2.26. The number of aromatic nitrogens is 2. The minimum Gasteiger partial charge on any atom is -0.296 e. The van der Waals surface area contributed by atoms with Gasteiger partial charge in [-0.2, -0.15) is 0 Å². The molecule has 7 nitrogen and oxygen atoms in total. The van der Waals surface area contributed by atoms with Gasteiger partial charge in [0.25, 0.3) is 17.7 Å². The standard InChI is InChI=1S/C24H16N4O3S/c29-21(17-12-10-16(11-13-17)15-6-2-1-3-7-15)25-24-27-26-20(32-24)14-28-22(30)18-8-4-5-9-19(18)23(28)31/h1-13H,14H2,(H,25,27,29). The first-order valence-electron chi connectivity index (χ1n) is 9.84. The van der Waals surface area contributed by atoms with Gasteiger partial charge in [0.2, 0.25) is 5.13 Å². The maximum atomic E-state index is 12.6. The smallest absolute Gasteiger partial charge is 0.261 e. The van der Waals surface area contributed by atoms with Crippen LogP contribution in [-0.2, 0) is 6.54 Å². The Morgan fingerprint density at radius 1 is 0.781 bits per heavy atom. The summed E-state index contributed by atoms with van der Waals surface area (Å²) in [5.41, 5.74) is 3.34. The van der Waals surface area contributed by atoms with E-state index in [0.717, 1.165) is 27.4 Å². The van der Waals surface area contributed by atoms with Gasteiger partial charge in [0, 0.05) is 5.56 Å². The molecule has 4 aromatic rings. The summed E-state index contributed by atoms with van der Waals surface area (Å²) in [5.74, 6) is -1.03. The Balaban J connectivity index is 1.25. The number of amides is 3. The molecular weight excluding hydrogens is 424 g/mol. The summed E-state index contributed by atoms with van der Waals surface area (Å²) < 4.78 is 0. The first kappa shape index (κ1) is 19.8. The molecule has 1 aromatic heterocycles. The number of benzene rings is 3. The fourth-order valence-electron chi connectivity index (χ4n) is 3.50. The minimum atomic E-state index is -0.357. The van der Waals surface area contributed by atoms with E-state index in [1.165, 1.54) is 0 Å². The molecule has 1 aliphatic heterocycles. The van der Waals surface area contributed by atoms with E-state index in [9.17, 15) is 14.4 Å². The summed E-state index contributed by atoms with van der Waals surface area (Å²) in [6, 6.07) is 23.9. The summed E-state index contributed by atoms with van der Waals surface area (Å²) in [7, 11) is 0. The van der Waals surface area contributed by atoms with E-state index in [4.69, 9.17) is 0 Å². The van der Waals surface area contributed by atoms with Crippen LogP contribution >= 0.6 is 11.3 Å². The van der Waals surface area contributed by atoms with Crippen LogP contribution in [0.2, 0.25) is 0 Å². The first-order valence-corrected chi connectivity index (χ1v) is 10.7. The molecule has 0 saturated carbocycles. The monoisotopic (exact) mass is 440 g/mol. The van der Waals surface area contributed by atoms with Crippen LogP contribution < -0.4 is 5.32 Å². The zero-order valence-electron chi connectivity index (χ0n) is 16.7. The van der Waals surface area contributed by atoms with Crippen LogP contribution in [-0.4, -0.2) is 32.8 Å². The quantitative estimate of drug-likeness (QED) is 0.468. The fraction of sp³-hybridized carbons (Fsp3) is 0.0417. The zero-order chi connectivity index (χ0) is 22.1. The summed E-state index contributed by atoms with van der Waals surface area (Å²) in [6.07, 6.45) is 0. The van der Waals surface area contributed by atoms with Crippen molar-refractivity contribution in [3.05, 3.63) is 101 Å². The van der Waals surface area contributed by atoms with E-state index in [2.05, 4.69) is 15.5 Å². The van der Waals surface area contributed by atoms with Gasteiger partial charge in [-0.25, -0.2) is 0 Å². The molecule has 8 heteroatoms. The Labute approximate surface area is 187 Å². The van der Waals surface area contributed by atoms with Gasteiger partial charge >= 0.3 is 0 Å². The van der Waals surface area contributed by atoms with Crippen molar-refractivity contribution in [1.82, 2.24) is 15.1 Å². The molecule has 1 N–H and O–H groups in total. The third kappa shape index (κ3) is 3.67. The number of carbonyl (C=O) groups is 3. The lowest BCUT2D eigenvalue weighted by Crippen LogP contribution is -2.29. The summed E-state index contributed by atoms with van der Waals surface area (Å²) >= 11 is 1.13. The van der Waals surface area contributed by atoms with Gasteiger partial charge < -0.3 is 0 Å².